The second-order valence-corrected chi connectivity index (χ2v) is 8.41. The van der Waals surface area contributed by atoms with Gasteiger partial charge in [0.1, 0.15) is 5.78 Å². The van der Waals surface area contributed by atoms with E-state index in [9.17, 15) is 9.59 Å². The summed E-state index contributed by atoms with van der Waals surface area (Å²) in [6.45, 7) is 4.47. The van der Waals surface area contributed by atoms with Crippen LogP contribution in [0.5, 0.6) is 0 Å². The molecule has 0 aliphatic heterocycles. The first-order valence-electron chi connectivity index (χ1n) is 8.71. The van der Waals surface area contributed by atoms with Crippen molar-refractivity contribution in [1.82, 2.24) is 0 Å². The number of carbonyl (C=O) groups excluding carboxylic acids is 2. The highest BCUT2D eigenvalue weighted by atomic mass is 16.1. The predicted molar refractivity (Wildman–Crippen MR) is 84.8 cm³/mol. The van der Waals surface area contributed by atoms with E-state index >= 15 is 0 Å². The summed E-state index contributed by atoms with van der Waals surface area (Å²) in [5.74, 6) is 1.95. The average molecular weight is 299 g/mol. The fourth-order valence-corrected chi connectivity index (χ4v) is 6.15. The molecule has 4 rings (SSSR count). The molecular weight excluding hydrogens is 274 g/mol. The van der Waals surface area contributed by atoms with Crippen molar-refractivity contribution in [2.45, 2.75) is 52.4 Å². The van der Waals surface area contributed by atoms with E-state index < -0.39 is 0 Å². The highest BCUT2D eigenvalue weighted by Gasteiger charge is 2.59. The molecule has 3 fully saturated rings. The summed E-state index contributed by atoms with van der Waals surface area (Å²) in [6.07, 6.45) is 9.67. The van der Waals surface area contributed by atoms with Crippen molar-refractivity contribution in [3.05, 3.63) is 12.2 Å². The first-order valence-corrected chi connectivity index (χ1v) is 8.71. The molecule has 0 saturated heterocycles. The molecule has 0 bridgehead atoms. The fourth-order valence-electron chi connectivity index (χ4n) is 6.15. The minimum Gasteiger partial charge on any atom is -0.301 e. The summed E-state index contributed by atoms with van der Waals surface area (Å²) in [4.78, 5) is 24.3. The minimum atomic E-state index is -0.118. The van der Waals surface area contributed by atoms with E-state index in [-0.39, 0.29) is 22.5 Å². The molecule has 0 radical (unpaired) electrons. The fraction of sp³-hybridized carbons (Fsp3) is 0.737. The molecule has 0 aromatic rings. The molecule has 1 N–H and O–H groups in total. The van der Waals surface area contributed by atoms with Gasteiger partial charge in [-0.3, -0.25) is 9.59 Å². The van der Waals surface area contributed by atoms with Crippen LogP contribution in [-0.2, 0) is 9.59 Å². The lowest BCUT2D eigenvalue weighted by Crippen LogP contribution is -2.54. The molecule has 4 aliphatic carbocycles. The van der Waals surface area contributed by atoms with Crippen molar-refractivity contribution in [1.29, 1.82) is 5.41 Å². The van der Waals surface area contributed by atoms with Crippen LogP contribution in [0.4, 0.5) is 0 Å². The summed E-state index contributed by atoms with van der Waals surface area (Å²) in [5, 5.41) is 8.21. The molecule has 0 heterocycles. The molecule has 0 aromatic carbocycles. The maximum atomic E-state index is 12.4. The van der Waals surface area contributed by atoms with Crippen molar-refractivity contribution >= 4 is 17.3 Å². The Bertz CT molecular complexity index is 607. The number of fused-ring (bicyclic) bond motifs is 5. The topological polar surface area (TPSA) is 58.0 Å². The van der Waals surface area contributed by atoms with Crippen LogP contribution in [0.25, 0.3) is 0 Å². The summed E-state index contributed by atoms with van der Waals surface area (Å²) in [5.41, 5.74) is 0.239. The van der Waals surface area contributed by atoms with Gasteiger partial charge in [0.15, 0.2) is 5.78 Å². The number of rotatable bonds is 0. The summed E-state index contributed by atoms with van der Waals surface area (Å²) in [6, 6.07) is 0. The van der Waals surface area contributed by atoms with Gasteiger partial charge in [0.05, 0.1) is 5.71 Å². The van der Waals surface area contributed by atoms with Crippen molar-refractivity contribution in [3.8, 4) is 0 Å². The number of hydrogen-bond donors (Lipinski definition) is 1. The Labute approximate surface area is 132 Å². The van der Waals surface area contributed by atoms with Gasteiger partial charge in [-0.15, -0.1) is 0 Å². The van der Waals surface area contributed by atoms with Gasteiger partial charge in [0, 0.05) is 24.2 Å². The molecule has 3 nitrogen and oxygen atoms in total. The molecule has 0 aromatic heterocycles. The van der Waals surface area contributed by atoms with Crippen LogP contribution in [-0.4, -0.2) is 17.3 Å². The number of Topliss-reactive ketones (excluding diaryl/α,β-unsaturated/α-hetero) is 2. The maximum absolute atomic E-state index is 12.4. The zero-order valence-corrected chi connectivity index (χ0v) is 13.5. The zero-order chi connectivity index (χ0) is 15.7. The Morgan fingerprint density at radius 1 is 1.05 bits per heavy atom. The van der Waals surface area contributed by atoms with Gasteiger partial charge in [0.25, 0.3) is 0 Å². The van der Waals surface area contributed by atoms with Crippen LogP contribution in [0.15, 0.2) is 12.2 Å². The smallest absolute Gasteiger partial charge is 0.176 e. The largest absolute Gasteiger partial charge is 0.301 e. The third-order valence-corrected chi connectivity index (χ3v) is 7.63. The van der Waals surface area contributed by atoms with Gasteiger partial charge in [-0.25, -0.2) is 0 Å². The van der Waals surface area contributed by atoms with Gasteiger partial charge >= 0.3 is 0 Å². The van der Waals surface area contributed by atoms with Crippen molar-refractivity contribution < 1.29 is 9.59 Å². The Morgan fingerprint density at radius 3 is 2.59 bits per heavy atom. The van der Waals surface area contributed by atoms with E-state index in [1.165, 1.54) is 0 Å². The van der Waals surface area contributed by atoms with E-state index in [0.717, 1.165) is 32.1 Å². The molecule has 118 valence electrons. The lowest BCUT2D eigenvalue weighted by Gasteiger charge is -2.56. The van der Waals surface area contributed by atoms with Gasteiger partial charge in [-0.05, 0) is 48.9 Å². The third kappa shape index (κ3) is 1.60. The Morgan fingerprint density at radius 2 is 1.82 bits per heavy atom. The Balaban J connectivity index is 1.74. The van der Waals surface area contributed by atoms with Crippen molar-refractivity contribution in [3.63, 3.8) is 0 Å². The summed E-state index contributed by atoms with van der Waals surface area (Å²) in [7, 11) is 0. The quantitative estimate of drug-likeness (QED) is 0.695. The number of hydrogen-bond acceptors (Lipinski definition) is 3. The Hall–Kier alpha value is -1.25. The highest BCUT2D eigenvalue weighted by molar-refractivity contribution is 6.40. The maximum Gasteiger partial charge on any atom is 0.176 e. The molecule has 0 amide bonds. The number of ketones is 2. The number of allylic oxidation sites excluding steroid dienone is 2. The van der Waals surface area contributed by atoms with Crippen LogP contribution >= 0.6 is 0 Å². The SMILES string of the molecule is C[C@]12CCC(=O)C(=N)C1C=C[C@@H]1[C@@H]2CC[C@]2(C)C(=O)CC[C@@H]12. The average Bonchev–Trinajstić information content (AvgIpc) is 2.79. The molecular formula is C19H25NO2. The van der Waals surface area contributed by atoms with E-state index in [1.807, 2.05) is 0 Å². The molecule has 4 aliphatic rings. The predicted octanol–water partition coefficient (Wildman–Crippen LogP) is 3.57. The normalized spacial score (nSPS) is 50.5. The van der Waals surface area contributed by atoms with Crippen LogP contribution in [0.3, 0.4) is 0 Å². The van der Waals surface area contributed by atoms with E-state index in [2.05, 4.69) is 26.0 Å². The Kier molecular flexibility index (Phi) is 2.87. The van der Waals surface area contributed by atoms with Gasteiger partial charge in [-0.2, -0.15) is 0 Å². The van der Waals surface area contributed by atoms with E-state index in [0.29, 0.717) is 35.7 Å². The van der Waals surface area contributed by atoms with Crippen LogP contribution in [0.2, 0.25) is 0 Å². The molecule has 0 spiro atoms. The zero-order valence-electron chi connectivity index (χ0n) is 13.5. The molecule has 22 heavy (non-hydrogen) atoms. The number of carbonyl (C=O) groups is 2. The summed E-state index contributed by atoms with van der Waals surface area (Å²) < 4.78 is 0. The first-order chi connectivity index (χ1) is 10.4. The first kappa shape index (κ1) is 14.3. The van der Waals surface area contributed by atoms with Crippen LogP contribution < -0.4 is 0 Å². The van der Waals surface area contributed by atoms with E-state index in [1.54, 1.807) is 0 Å². The van der Waals surface area contributed by atoms with Crippen LogP contribution in [0, 0.1) is 39.9 Å². The van der Waals surface area contributed by atoms with Crippen LogP contribution in [0.1, 0.15) is 52.4 Å². The van der Waals surface area contributed by atoms with Crippen molar-refractivity contribution in [2.24, 2.45) is 34.5 Å². The van der Waals surface area contributed by atoms with Gasteiger partial charge < -0.3 is 5.41 Å². The highest BCUT2D eigenvalue weighted by Crippen LogP contribution is 2.62. The van der Waals surface area contributed by atoms with Crippen molar-refractivity contribution in [2.75, 3.05) is 0 Å². The second kappa shape index (κ2) is 4.39. The molecule has 1 unspecified atom stereocenters. The lowest BCUT2D eigenvalue weighted by molar-refractivity contribution is -0.131. The van der Waals surface area contributed by atoms with E-state index in [4.69, 9.17) is 5.41 Å². The lowest BCUT2D eigenvalue weighted by atomic mass is 9.47. The molecule has 3 heteroatoms. The van der Waals surface area contributed by atoms with Gasteiger partial charge in [0.2, 0.25) is 0 Å². The third-order valence-electron chi connectivity index (χ3n) is 7.63. The second-order valence-electron chi connectivity index (χ2n) is 8.41. The molecule has 6 atom stereocenters. The molecule has 3 saturated carbocycles. The minimum absolute atomic E-state index is 0.00328. The summed E-state index contributed by atoms with van der Waals surface area (Å²) >= 11 is 0. The number of nitrogens with one attached hydrogen (secondary N) is 1. The monoisotopic (exact) mass is 299 g/mol. The van der Waals surface area contributed by atoms with Gasteiger partial charge in [-0.1, -0.05) is 26.0 Å². The standard InChI is InChI=1S/C19H25NO2/c1-18-10-8-15(21)17(20)14(18)4-3-11-12-5-6-16(22)19(12,2)9-7-13(11)18/h3-4,11-14,20H,5-10H2,1-2H3/t11-,12-,13-,14?,18+,19-/m0/s1.